The van der Waals surface area contributed by atoms with Crippen LogP contribution in [0, 0.1) is 0 Å². The second-order valence-corrected chi connectivity index (χ2v) is 10.7. The molecule has 0 heterocycles. The molecule has 0 fully saturated rings. The van der Waals surface area contributed by atoms with Gasteiger partial charge in [0.15, 0.2) is 0 Å². The summed E-state index contributed by atoms with van der Waals surface area (Å²) in [5.41, 5.74) is 9.05. The highest BCUT2D eigenvalue weighted by molar-refractivity contribution is 6.02. The number of fused-ring (bicyclic) bond motifs is 4. The van der Waals surface area contributed by atoms with Crippen molar-refractivity contribution in [2.45, 2.75) is 38.5 Å². The Morgan fingerprint density at radius 2 is 1.06 bits per heavy atom. The molecule has 0 saturated heterocycles. The molecule has 1 aliphatic carbocycles. The van der Waals surface area contributed by atoms with Crippen molar-refractivity contribution in [1.29, 1.82) is 0 Å². The van der Waals surface area contributed by atoms with Gasteiger partial charge in [0.1, 0.15) is 0 Å². The molecule has 6 rings (SSSR count). The summed E-state index contributed by atoms with van der Waals surface area (Å²) < 4.78 is 0. The molecule has 0 N–H and O–H groups in total. The maximum Gasteiger partial charge on any atom is 0.0543 e. The van der Waals surface area contributed by atoms with Crippen molar-refractivity contribution >= 4 is 27.8 Å². The van der Waals surface area contributed by atoms with Gasteiger partial charge in [0, 0.05) is 16.6 Å². The lowest BCUT2D eigenvalue weighted by molar-refractivity contribution is 0.299. The molecule has 0 saturated carbocycles. The molecule has 0 bridgehead atoms. The Labute approximate surface area is 208 Å². The summed E-state index contributed by atoms with van der Waals surface area (Å²) in [7, 11) is 0. The molecule has 0 radical (unpaired) electrons. The van der Waals surface area contributed by atoms with E-state index in [4.69, 9.17) is 0 Å². The van der Waals surface area contributed by atoms with Gasteiger partial charge in [0.25, 0.3) is 0 Å². The van der Waals surface area contributed by atoms with E-state index in [1.807, 2.05) is 0 Å². The highest BCUT2D eigenvalue weighted by atomic mass is 15.1. The number of nitrogens with zero attached hydrogens (tertiary/aromatic N) is 1. The third-order valence-corrected chi connectivity index (χ3v) is 8.41. The van der Waals surface area contributed by atoms with E-state index in [0.29, 0.717) is 0 Å². The molecule has 172 valence electrons. The molecule has 5 aromatic rings. The van der Waals surface area contributed by atoms with Crippen molar-refractivity contribution in [2.75, 3.05) is 4.90 Å². The van der Waals surface area contributed by atoms with Gasteiger partial charge < -0.3 is 4.90 Å². The van der Waals surface area contributed by atoms with E-state index < -0.39 is 0 Å². The average molecular weight is 454 g/mol. The van der Waals surface area contributed by atoms with Gasteiger partial charge in [-0.05, 0) is 57.2 Å². The van der Waals surface area contributed by atoms with Crippen molar-refractivity contribution in [3.63, 3.8) is 0 Å². The molecule has 35 heavy (non-hydrogen) atoms. The largest absolute Gasteiger partial charge is 0.309 e. The Kier molecular flexibility index (Phi) is 4.86. The fourth-order valence-electron chi connectivity index (χ4n) is 5.84. The Hall–Kier alpha value is -3.84. The predicted octanol–water partition coefficient (Wildman–Crippen LogP) is 9.55. The van der Waals surface area contributed by atoms with E-state index in [1.165, 1.54) is 44.4 Å². The molecule has 1 heteroatoms. The van der Waals surface area contributed by atoms with Gasteiger partial charge in [-0.15, -0.1) is 0 Å². The quantitative estimate of drug-likeness (QED) is 0.263. The highest BCUT2D eigenvalue weighted by Gasteiger charge is 2.46. The second kappa shape index (κ2) is 7.85. The summed E-state index contributed by atoms with van der Waals surface area (Å²) in [6.45, 7) is 9.58. The fourth-order valence-corrected chi connectivity index (χ4v) is 5.84. The van der Waals surface area contributed by atoms with E-state index in [2.05, 4.69) is 148 Å². The molecular formula is C34H31N. The van der Waals surface area contributed by atoms with Crippen LogP contribution in [0.4, 0.5) is 17.1 Å². The SMILES string of the molecule is CC1(C)c2ccccc2-c2c(N(c3ccccc3)c3cccc4ccccc34)cccc2C1(C)C. The Bertz CT molecular complexity index is 1540. The van der Waals surface area contributed by atoms with Crippen LogP contribution in [0.25, 0.3) is 21.9 Å². The maximum atomic E-state index is 2.45. The standard InChI is InChI=1S/C34H31N/c1-33(2)28-20-11-10-19-27(28)32-29(34(33,3)4)21-13-23-31(32)35(25-16-6-5-7-17-25)30-22-12-15-24-14-8-9-18-26(24)30/h5-23H,1-4H3. The van der Waals surface area contributed by atoms with E-state index >= 15 is 0 Å². The Balaban J connectivity index is 1.72. The zero-order valence-electron chi connectivity index (χ0n) is 20.9. The number of rotatable bonds is 3. The summed E-state index contributed by atoms with van der Waals surface area (Å²) in [6, 6.07) is 41.9. The van der Waals surface area contributed by atoms with Gasteiger partial charge in [-0.25, -0.2) is 0 Å². The summed E-state index contributed by atoms with van der Waals surface area (Å²) in [6.07, 6.45) is 0. The fraction of sp³-hybridized carbons (Fsp3) is 0.176. The molecule has 1 nitrogen and oxygen atoms in total. The first-order valence-electron chi connectivity index (χ1n) is 12.5. The molecule has 0 aromatic heterocycles. The molecule has 0 aliphatic heterocycles. The van der Waals surface area contributed by atoms with Crippen LogP contribution in [-0.2, 0) is 10.8 Å². The lowest BCUT2D eigenvalue weighted by atomic mass is 9.55. The molecule has 0 spiro atoms. The van der Waals surface area contributed by atoms with Crippen LogP contribution in [0.5, 0.6) is 0 Å². The van der Waals surface area contributed by atoms with E-state index in [9.17, 15) is 0 Å². The van der Waals surface area contributed by atoms with Gasteiger partial charge in [-0.3, -0.25) is 0 Å². The van der Waals surface area contributed by atoms with Crippen molar-refractivity contribution < 1.29 is 0 Å². The zero-order chi connectivity index (χ0) is 24.2. The smallest absolute Gasteiger partial charge is 0.0543 e. The van der Waals surface area contributed by atoms with Crippen LogP contribution < -0.4 is 4.90 Å². The Morgan fingerprint density at radius 3 is 1.89 bits per heavy atom. The van der Waals surface area contributed by atoms with Crippen molar-refractivity contribution in [3.05, 3.63) is 126 Å². The van der Waals surface area contributed by atoms with Gasteiger partial charge in [0.05, 0.1) is 11.4 Å². The molecule has 0 amide bonds. The monoisotopic (exact) mass is 453 g/mol. The van der Waals surface area contributed by atoms with Crippen LogP contribution >= 0.6 is 0 Å². The predicted molar refractivity (Wildman–Crippen MR) is 150 cm³/mol. The third kappa shape index (κ3) is 3.15. The average Bonchev–Trinajstić information content (AvgIpc) is 2.89. The second-order valence-electron chi connectivity index (χ2n) is 10.7. The summed E-state index contributed by atoms with van der Waals surface area (Å²) in [5.74, 6) is 0. The van der Waals surface area contributed by atoms with Crippen LogP contribution in [0.3, 0.4) is 0 Å². The van der Waals surface area contributed by atoms with E-state index in [-0.39, 0.29) is 10.8 Å². The topological polar surface area (TPSA) is 3.24 Å². The minimum atomic E-state index is -0.0339. The van der Waals surface area contributed by atoms with Gasteiger partial charge >= 0.3 is 0 Å². The van der Waals surface area contributed by atoms with Crippen molar-refractivity contribution in [1.82, 2.24) is 0 Å². The summed E-state index contributed by atoms with van der Waals surface area (Å²) in [4.78, 5) is 2.45. The van der Waals surface area contributed by atoms with Gasteiger partial charge in [0.2, 0.25) is 0 Å². The summed E-state index contributed by atoms with van der Waals surface area (Å²) >= 11 is 0. The van der Waals surface area contributed by atoms with Crippen LogP contribution in [0.2, 0.25) is 0 Å². The molecular weight excluding hydrogens is 422 g/mol. The van der Waals surface area contributed by atoms with Gasteiger partial charge in [-0.2, -0.15) is 0 Å². The molecule has 0 unspecified atom stereocenters. The first-order chi connectivity index (χ1) is 16.9. The lowest BCUT2D eigenvalue weighted by Gasteiger charge is -2.49. The van der Waals surface area contributed by atoms with E-state index in [1.54, 1.807) is 0 Å². The maximum absolute atomic E-state index is 2.45. The van der Waals surface area contributed by atoms with E-state index in [0.717, 1.165) is 5.69 Å². The third-order valence-electron chi connectivity index (χ3n) is 8.41. The molecule has 1 aliphatic rings. The number of hydrogen-bond acceptors (Lipinski definition) is 1. The minimum Gasteiger partial charge on any atom is -0.309 e. The van der Waals surface area contributed by atoms with Gasteiger partial charge in [-0.1, -0.05) is 119 Å². The van der Waals surface area contributed by atoms with Crippen molar-refractivity contribution in [2.24, 2.45) is 0 Å². The zero-order valence-corrected chi connectivity index (χ0v) is 20.9. The number of hydrogen-bond donors (Lipinski definition) is 0. The lowest BCUT2D eigenvalue weighted by Crippen LogP contribution is -2.43. The normalized spacial score (nSPS) is 15.3. The first-order valence-corrected chi connectivity index (χ1v) is 12.5. The number of para-hydroxylation sites is 1. The number of benzene rings is 5. The Morgan fingerprint density at radius 1 is 0.486 bits per heavy atom. The molecule has 0 atom stereocenters. The summed E-state index contributed by atoms with van der Waals surface area (Å²) in [5, 5.41) is 2.50. The minimum absolute atomic E-state index is 0.00619. The van der Waals surface area contributed by atoms with Crippen molar-refractivity contribution in [3.8, 4) is 11.1 Å². The van der Waals surface area contributed by atoms with Crippen LogP contribution in [0.1, 0.15) is 38.8 Å². The highest BCUT2D eigenvalue weighted by Crippen LogP contribution is 2.57. The number of anilines is 3. The molecule has 5 aromatic carbocycles. The van der Waals surface area contributed by atoms with Crippen LogP contribution in [0.15, 0.2) is 115 Å². The van der Waals surface area contributed by atoms with Crippen LogP contribution in [-0.4, -0.2) is 0 Å². The first kappa shape index (κ1) is 21.7.